The summed E-state index contributed by atoms with van der Waals surface area (Å²) < 4.78 is 85.3. The lowest BCUT2D eigenvalue weighted by atomic mass is 10.1. The monoisotopic (exact) mass is 289 g/mol. The number of alkyl halides is 7. The molecule has 0 radical (unpaired) electrons. The minimum atomic E-state index is -4.48. The number of hydrogen-bond donors (Lipinski definition) is 1. The second-order valence-corrected chi connectivity index (χ2v) is 3.86. The van der Waals surface area contributed by atoms with Crippen LogP contribution < -0.4 is 5.32 Å². The van der Waals surface area contributed by atoms with Crippen molar-refractivity contribution in [1.29, 1.82) is 0 Å². The van der Waals surface area contributed by atoms with Crippen molar-refractivity contribution in [3.05, 3.63) is 35.4 Å². The van der Waals surface area contributed by atoms with E-state index < -0.39 is 30.6 Å². The normalized spacial score (nSPS) is 13.1. The van der Waals surface area contributed by atoms with Gasteiger partial charge in [-0.1, -0.05) is 12.1 Å². The van der Waals surface area contributed by atoms with Gasteiger partial charge in [-0.25, -0.2) is 8.78 Å². The average molecular weight is 289 g/mol. The summed E-state index contributed by atoms with van der Waals surface area (Å²) in [6.07, 6.45) is -8.26. The first kappa shape index (κ1) is 15.7. The van der Waals surface area contributed by atoms with Gasteiger partial charge < -0.3 is 5.32 Å². The Balaban J connectivity index is 2.52. The van der Waals surface area contributed by atoms with Crippen LogP contribution in [0.2, 0.25) is 0 Å². The SMILES string of the molecule is FC(F)C(F)(F)CNCc1ccc(C(F)(F)F)cc1. The van der Waals surface area contributed by atoms with Gasteiger partial charge in [0.15, 0.2) is 0 Å². The van der Waals surface area contributed by atoms with Crippen LogP contribution in [-0.2, 0) is 12.7 Å². The third-order valence-corrected chi connectivity index (χ3v) is 2.29. The van der Waals surface area contributed by atoms with E-state index in [1.54, 1.807) is 0 Å². The summed E-state index contributed by atoms with van der Waals surface area (Å²) in [7, 11) is 0. The molecule has 0 aliphatic heterocycles. The van der Waals surface area contributed by atoms with Gasteiger partial charge in [0.05, 0.1) is 12.1 Å². The van der Waals surface area contributed by atoms with Crippen LogP contribution in [0, 0.1) is 0 Å². The molecule has 19 heavy (non-hydrogen) atoms. The van der Waals surface area contributed by atoms with Crippen LogP contribution in [0.3, 0.4) is 0 Å². The summed E-state index contributed by atoms with van der Waals surface area (Å²) >= 11 is 0. The van der Waals surface area contributed by atoms with E-state index in [9.17, 15) is 30.7 Å². The zero-order valence-corrected chi connectivity index (χ0v) is 9.45. The van der Waals surface area contributed by atoms with E-state index in [2.05, 4.69) is 5.32 Å². The van der Waals surface area contributed by atoms with Gasteiger partial charge in [0.25, 0.3) is 0 Å². The molecule has 108 valence electrons. The van der Waals surface area contributed by atoms with Gasteiger partial charge in [0, 0.05) is 6.54 Å². The lowest BCUT2D eigenvalue weighted by Crippen LogP contribution is -2.38. The molecule has 0 saturated heterocycles. The molecule has 8 heteroatoms. The predicted octanol–water partition coefficient (Wildman–Crippen LogP) is 3.70. The summed E-state index contributed by atoms with van der Waals surface area (Å²) in [5, 5.41) is 2.07. The molecule has 1 nitrogen and oxygen atoms in total. The molecule has 0 bridgehead atoms. The first-order chi connectivity index (χ1) is 8.63. The van der Waals surface area contributed by atoms with Gasteiger partial charge >= 0.3 is 18.5 Å². The Morgan fingerprint density at radius 3 is 1.89 bits per heavy atom. The zero-order valence-electron chi connectivity index (χ0n) is 9.45. The second kappa shape index (κ2) is 5.77. The van der Waals surface area contributed by atoms with Crippen LogP contribution in [-0.4, -0.2) is 18.9 Å². The molecule has 0 heterocycles. The van der Waals surface area contributed by atoms with E-state index in [1.807, 2.05) is 0 Å². The summed E-state index contributed by atoms with van der Waals surface area (Å²) in [5.74, 6) is -4.16. The highest BCUT2D eigenvalue weighted by molar-refractivity contribution is 5.24. The molecule has 0 spiro atoms. The Morgan fingerprint density at radius 2 is 1.47 bits per heavy atom. The van der Waals surface area contributed by atoms with Crippen molar-refractivity contribution in [3.63, 3.8) is 0 Å². The van der Waals surface area contributed by atoms with Crippen molar-refractivity contribution in [2.75, 3.05) is 6.54 Å². The van der Waals surface area contributed by atoms with Crippen LogP contribution in [0.15, 0.2) is 24.3 Å². The Hall–Kier alpha value is -1.31. The number of hydrogen-bond acceptors (Lipinski definition) is 1. The van der Waals surface area contributed by atoms with Crippen molar-refractivity contribution < 1.29 is 30.7 Å². The topological polar surface area (TPSA) is 12.0 Å². The molecule has 1 aromatic rings. The number of benzene rings is 1. The summed E-state index contributed by atoms with van der Waals surface area (Å²) in [5.41, 5.74) is -0.577. The van der Waals surface area contributed by atoms with Gasteiger partial charge in [-0.15, -0.1) is 0 Å². The fraction of sp³-hybridized carbons (Fsp3) is 0.455. The van der Waals surface area contributed by atoms with Gasteiger partial charge in [0.1, 0.15) is 0 Å². The first-order valence-electron chi connectivity index (χ1n) is 5.16. The van der Waals surface area contributed by atoms with Crippen molar-refractivity contribution in [1.82, 2.24) is 5.32 Å². The highest BCUT2D eigenvalue weighted by atomic mass is 19.4. The Labute approximate surface area is 104 Å². The molecule has 0 aliphatic rings. The van der Waals surface area contributed by atoms with Crippen molar-refractivity contribution in [3.8, 4) is 0 Å². The van der Waals surface area contributed by atoms with Gasteiger partial charge in [-0.2, -0.15) is 22.0 Å². The quantitative estimate of drug-likeness (QED) is 0.815. The molecule has 0 atom stereocenters. The third-order valence-electron chi connectivity index (χ3n) is 2.29. The van der Waals surface area contributed by atoms with E-state index in [1.165, 1.54) is 0 Å². The summed E-state index contributed by atoms with van der Waals surface area (Å²) in [6, 6.07) is 3.78. The molecular formula is C11H10F7N. The summed E-state index contributed by atoms with van der Waals surface area (Å²) in [4.78, 5) is 0. The fourth-order valence-electron chi connectivity index (χ4n) is 1.26. The van der Waals surface area contributed by atoms with Crippen LogP contribution >= 0.6 is 0 Å². The van der Waals surface area contributed by atoms with Crippen LogP contribution in [0.1, 0.15) is 11.1 Å². The maximum absolute atomic E-state index is 12.5. The Morgan fingerprint density at radius 1 is 0.947 bits per heavy atom. The van der Waals surface area contributed by atoms with Crippen LogP contribution in [0.4, 0.5) is 30.7 Å². The van der Waals surface area contributed by atoms with E-state index in [0.29, 0.717) is 0 Å². The lowest BCUT2D eigenvalue weighted by Gasteiger charge is -2.16. The smallest absolute Gasteiger partial charge is 0.307 e. The van der Waals surface area contributed by atoms with Gasteiger partial charge in [0.2, 0.25) is 0 Å². The van der Waals surface area contributed by atoms with E-state index in [-0.39, 0.29) is 12.1 Å². The minimum absolute atomic E-state index is 0.222. The van der Waals surface area contributed by atoms with E-state index >= 15 is 0 Å². The molecule has 0 aliphatic carbocycles. The van der Waals surface area contributed by atoms with Crippen molar-refractivity contribution in [2.45, 2.75) is 25.1 Å². The number of rotatable bonds is 5. The highest BCUT2D eigenvalue weighted by Gasteiger charge is 2.40. The lowest BCUT2D eigenvalue weighted by molar-refractivity contribution is -0.137. The number of halogens is 7. The molecule has 0 unspecified atom stereocenters. The van der Waals surface area contributed by atoms with Crippen LogP contribution in [0.5, 0.6) is 0 Å². The predicted molar refractivity (Wildman–Crippen MR) is 54.1 cm³/mol. The van der Waals surface area contributed by atoms with E-state index in [0.717, 1.165) is 24.3 Å². The summed E-state index contributed by atoms with van der Waals surface area (Å²) in [6.45, 7) is -1.47. The molecule has 1 rings (SSSR count). The van der Waals surface area contributed by atoms with Gasteiger partial charge in [-0.05, 0) is 17.7 Å². The van der Waals surface area contributed by atoms with Gasteiger partial charge in [-0.3, -0.25) is 0 Å². The highest BCUT2D eigenvalue weighted by Crippen LogP contribution is 2.29. The van der Waals surface area contributed by atoms with E-state index in [4.69, 9.17) is 0 Å². The fourth-order valence-corrected chi connectivity index (χ4v) is 1.26. The zero-order chi connectivity index (χ0) is 14.7. The Kier molecular flexibility index (Phi) is 4.78. The molecular weight excluding hydrogens is 279 g/mol. The van der Waals surface area contributed by atoms with Crippen molar-refractivity contribution >= 4 is 0 Å². The minimum Gasteiger partial charge on any atom is -0.307 e. The maximum Gasteiger partial charge on any atom is 0.416 e. The Bertz CT molecular complexity index is 396. The molecule has 1 N–H and O–H groups in total. The first-order valence-corrected chi connectivity index (χ1v) is 5.16. The molecule has 1 aromatic carbocycles. The standard InChI is InChI=1S/C11H10F7N/c12-9(13)10(14,15)6-19-5-7-1-3-8(4-2-7)11(16,17)18/h1-4,9,19H,5-6H2. The average Bonchev–Trinajstić information content (AvgIpc) is 2.28. The molecule has 0 saturated carbocycles. The second-order valence-electron chi connectivity index (χ2n) is 3.86. The largest absolute Gasteiger partial charge is 0.416 e. The maximum atomic E-state index is 12.5. The molecule has 0 fully saturated rings. The third kappa shape index (κ3) is 4.70. The van der Waals surface area contributed by atoms with Crippen molar-refractivity contribution in [2.24, 2.45) is 0 Å². The molecule has 0 amide bonds. The molecule has 0 aromatic heterocycles. The van der Waals surface area contributed by atoms with Crippen LogP contribution in [0.25, 0.3) is 0 Å². The number of nitrogens with one attached hydrogen (secondary N) is 1.